The van der Waals surface area contributed by atoms with Crippen LogP contribution in [-0.2, 0) is 6.54 Å². The van der Waals surface area contributed by atoms with E-state index in [-0.39, 0.29) is 30.0 Å². The molecule has 3 rings (SSSR count). The molecule has 2 heterocycles. The van der Waals surface area contributed by atoms with E-state index in [2.05, 4.69) is 15.3 Å². The van der Waals surface area contributed by atoms with E-state index in [0.29, 0.717) is 31.6 Å². The van der Waals surface area contributed by atoms with Gasteiger partial charge in [-0.3, -0.25) is 0 Å². The summed E-state index contributed by atoms with van der Waals surface area (Å²) in [5.74, 6) is 1.91. The van der Waals surface area contributed by atoms with Crippen molar-refractivity contribution in [1.29, 1.82) is 0 Å². The van der Waals surface area contributed by atoms with Gasteiger partial charge in [-0.2, -0.15) is 0 Å². The number of pyridine rings is 1. The molecule has 1 unspecified atom stereocenters. The number of nitrogens with one attached hydrogen (secondary N) is 1. The number of rotatable bonds is 5. The van der Waals surface area contributed by atoms with E-state index in [1.807, 2.05) is 43.3 Å². The van der Waals surface area contributed by atoms with Crippen molar-refractivity contribution in [2.24, 2.45) is 10.7 Å². The fraction of sp³-hybridized carbons (Fsp3) is 0.333. The molecule has 2 aromatic rings. The Morgan fingerprint density at radius 2 is 2.20 bits per heavy atom. The Balaban J connectivity index is 0.00000225. The van der Waals surface area contributed by atoms with Gasteiger partial charge in [0.2, 0.25) is 5.88 Å². The minimum atomic E-state index is 0. The van der Waals surface area contributed by atoms with Crippen molar-refractivity contribution in [2.75, 3.05) is 13.2 Å². The van der Waals surface area contributed by atoms with Gasteiger partial charge >= 0.3 is 0 Å². The van der Waals surface area contributed by atoms with Gasteiger partial charge in [0, 0.05) is 23.7 Å². The van der Waals surface area contributed by atoms with Crippen molar-refractivity contribution in [1.82, 2.24) is 10.3 Å². The lowest BCUT2D eigenvalue weighted by molar-refractivity contribution is 0.262. The summed E-state index contributed by atoms with van der Waals surface area (Å²) in [4.78, 5) is 8.65. The van der Waals surface area contributed by atoms with E-state index in [1.54, 1.807) is 6.20 Å². The van der Waals surface area contributed by atoms with Crippen molar-refractivity contribution < 1.29 is 9.47 Å². The van der Waals surface area contributed by atoms with E-state index < -0.39 is 0 Å². The van der Waals surface area contributed by atoms with E-state index in [9.17, 15) is 0 Å². The maximum atomic E-state index is 6.07. The fourth-order valence-corrected chi connectivity index (χ4v) is 2.70. The molecule has 1 aliphatic heterocycles. The standard InChI is InChI=1S/C18H22N4O2.HI/c1-2-23-17-13(6-5-10-20-17)12-21-18(19)22-15-9-11-24-16-8-4-3-7-14(15)16;/h3-8,10,15H,2,9,11-12H2,1H3,(H3,19,21,22);1H. The first-order chi connectivity index (χ1) is 11.8. The summed E-state index contributed by atoms with van der Waals surface area (Å²) < 4.78 is 11.2. The zero-order chi connectivity index (χ0) is 16.8. The van der Waals surface area contributed by atoms with Crippen LogP contribution in [0, 0.1) is 0 Å². The van der Waals surface area contributed by atoms with Crippen LogP contribution in [0.25, 0.3) is 0 Å². The smallest absolute Gasteiger partial charge is 0.218 e. The first-order valence-corrected chi connectivity index (χ1v) is 8.12. The van der Waals surface area contributed by atoms with E-state index in [0.717, 1.165) is 23.3 Å². The molecule has 3 N–H and O–H groups in total. The van der Waals surface area contributed by atoms with Crippen LogP contribution in [-0.4, -0.2) is 24.2 Å². The van der Waals surface area contributed by atoms with E-state index in [1.165, 1.54) is 0 Å². The largest absolute Gasteiger partial charge is 0.493 e. The molecule has 134 valence electrons. The van der Waals surface area contributed by atoms with Crippen molar-refractivity contribution in [3.05, 3.63) is 53.7 Å². The van der Waals surface area contributed by atoms with Gasteiger partial charge in [0.1, 0.15) is 5.75 Å². The molecule has 0 saturated heterocycles. The molecular weight excluding hydrogens is 431 g/mol. The van der Waals surface area contributed by atoms with Crippen LogP contribution in [0.1, 0.15) is 30.5 Å². The van der Waals surface area contributed by atoms with Gasteiger partial charge in [0.05, 0.1) is 25.8 Å². The molecule has 0 amide bonds. The quantitative estimate of drug-likeness (QED) is 0.413. The third-order valence-corrected chi connectivity index (χ3v) is 3.83. The molecule has 0 fully saturated rings. The normalized spacial score (nSPS) is 16.2. The number of para-hydroxylation sites is 1. The zero-order valence-corrected chi connectivity index (χ0v) is 16.5. The lowest BCUT2D eigenvalue weighted by atomic mass is 10.0. The summed E-state index contributed by atoms with van der Waals surface area (Å²) in [5.41, 5.74) is 8.09. The summed E-state index contributed by atoms with van der Waals surface area (Å²) in [6, 6.07) is 11.9. The van der Waals surface area contributed by atoms with Gasteiger partial charge in [-0.05, 0) is 19.1 Å². The second kappa shape index (κ2) is 9.45. The first-order valence-electron chi connectivity index (χ1n) is 8.12. The molecule has 1 aliphatic rings. The average molecular weight is 454 g/mol. The van der Waals surface area contributed by atoms with Gasteiger partial charge < -0.3 is 20.5 Å². The van der Waals surface area contributed by atoms with Crippen LogP contribution in [0.15, 0.2) is 47.6 Å². The van der Waals surface area contributed by atoms with Gasteiger partial charge in [0.15, 0.2) is 5.96 Å². The van der Waals surface area contributed by atoms with Gasteiger partial charge in [-0.15, -0.1) is 24.0 Å². The number of hydrogen-bond acceptors (Lipinski definition) is 4. The number of nitrogens with two attached hydrogens (primary N) is 1. The van der Waals surface area contributed by atoms with Crippen LogP contribution < -0.4 is 20.5 Å². The molecule has 0 bridgehead atoms. The summed E-state index contributed by atoms with van der Waals surface area (Å²) in [5, 5.41) is 3.28. The molecule has 0 spiro atoms. The predicted molar refractivity (Wildman–Crippen MR) is 109 cm³/mol. The fourth-order valence-electron chi connectivity index (χ4n) is 2.70. The highest BCUT2D eigenvalue weighted by Gasteiger charge is 2.21. The number of aliphatic imine (C=N–C) groups is 1. The Morgan fingerprint density at radius 3 is 3.04 bits per heavy atom. The number of halogens is 1. The minimum absolute atomic E-state index is 0. The van der Waals surface area contributed by atoms with Crippen LogP contribution in [0.2, 0.25) is 0 Å². The number of guanidine groups is 1. The van der Waals surface area contributed by atoms with Crippen LogP contribution >= 0.6 is 24.0 Å². The van der Waals surface area contributed by atoms with Crippen LogP contribution in [0.4, 0.5) is 0 Å². The number of fused-ring (bicyclic) bond motifs is 1. The highest BCUT2D eigenvalue weighted by molar-refractivity contribution is 14.0. The van der Waals surface area contributed by atoms with E-state index in [4.69, 9.17) is 15.2 Å². The average Bonchev–Trinajstić information content (AvgIpc) is 2.62. The lowest BCUT2D eigenvalue weighted by Gasteiger charge is -2.26. The second-order valence-corrected chi connectivity index (χ2v) is 5.47. The lowest BCUT2D eigenvalue weighted by Crippen LogP contribution is -2.37. The maximum Gasteiger partial charge on any atom is 0.218 e. The number of nitrogens with zero attached hydrogens (tertiary/aromatic N) is 2. The summed E-state index contributed by atoms with van der Waals surface area (Å²) in [6.45, 7) is 3.59. The summed E-state index contributed by atoms with van der Waals surface area (Å²) in [7, 11) is 0. The molecular formula is C18H23IN4O2. The number of hydrogen-bond donors (Lipinski definition) is 2. The third-order valence-electron chi connectivity index (χ3n) is 3.83. The molecule has 1 atom stereocenters. The summed E-state index contributed by atoms with van der Waals surface area (Å²) in [6.07, 6.45) is 2.56. The highest BCUT2D eigenvalue weighted by Crippen LogP contribution is 2.31. The molecule has 25 heavy (non-hydrogen) atoms. The van der Waals surface area contributed by atoms with Crippen LogP contribution in [0.5, 0.6) is 11.6 Å². The Hall–Kier alpha value is -2.03. The van der Waals surface area contributed by atoms with Gasteiger partial charge in [-0.1, -0.05) is 24.3 Å². The third kappa shape index (κ3) is 4.97. The Kier molecular flexibility index (Phi) is 7.30. The zero-order valence-electron chi connectivity index (χ0n) is 14.1. The van der Waals surface area contributed by atoms with Crippen molar-refractivity contribution in [2.45, 2.75) is 25.9 Å². The predicted octanol–water partition coefficient (Wildman–Crippen LogP) is 3.03. The minimum Gasteiger partial charge on any atom is -0.493 e. The van der Waals surface area contributed by atoms with Crippen molar-refractivity contribution in [3.63, 3.8) is 0 Å². The molecule has 6 nitrogen and oxygen atoms in total. The van der Waals surface area contributed by atoms with Gasteiger partial charge in [0.25, 0.3) is 0 Å². The molecule has 1 aromatic heterocycles. The van der Waals surface area contributed by atoms with E-state index >= 15 is 0 Å². The molecule has 7 heteroatoms. The number of aromatic nitrogens is 1. The SMILES string of the molecule is CCOc1ncccc1CN=C(N)NC1CCOc2ccccc21.I. The van der Waals surface area contributed by atoms with Crippen molar-refractivity contribution >= 4 is 29.9 Å². The molecule has 0 radical (unpaired) electrons. The molecule has 1 aromatic carbocycles. The summed E-state index contributed by atoms with van der Waals surface area (Å²) >= 11 is 0. The Labute approximate surface area is 164 Å². The number of benzene rings is 1. The highest BCUT2D eigenvalue weighted by atomic mass is 127. The Bertz CT molecular complexity index is 724. The number of ether oxygens (including phenoxy) is 2. The first kappa shape index (κ1) is 19.3. The molecule has 0 aliphatic carbocycles. The molecule has 0 saturated carbocycles. The maximum absolute atomic E-state index is 6.07. The Morgan fingerprint density at radius 1 is 1.36 bits per heavy atom. The monoisotopic (exact) mass is 454 g/mol. The second-order valence-electron chi connectivity index (χ2n) is 5.47. The van der Waals surface area contributed by atoms with Crippen LogP contribution in [0.3, 0.4) is 0 Å². The topological polar surface area (TPSA) is 81.8 Å². The van der Waals surface area contributed by atoms with Gasteiger partial charge in [-0.25, -0.2) is 9.98 Å². The van der Waals surface area contributed by atoms with Crippen molar-refractivity contribution in [3.8, 4) is 11.6 Å².